The lowest BCUT2D eigenvalue weighted by Gasteiger charge is -1.98. The van der Waals surface area contributed by atoms with E-state index in [1.807, 2.05) is 0 Å². The number of benzene rings is 1. The summed E-state index contributed by atoms with van der Waals surface area (Å²) in [5, 5.41) is 10.5. The van der Waals surface area contributed by atoms with Crippen molar-refractivity contribution >= 4 is 17.4 Å². The van der Waals surface area contributed by atoms with Gasteiger partial charge in [0.1, 0.15) is 0 Å². The number of nitrogens with zero attached hydrogens (tertiary/aromatic N) is 1. The molecule has 0 bridgehead atoms. The second-order valence-electron chi connectivity index (χ2n) is 2.21. The maximum Gasteiger partial charge on any atom is 0.282 e. The van der Waals surface area contributed by atoms with Crippen molar-refractivity contribution in [2.45, 2.75) is 4.90 Å². The average molecular weight is 194 g/mol. The molecule has 0 fully saturated rings. The molecule has 0 heterocycles. The van der Waals surface area contributed by atoms with Crippen molar-refractivity contribution in [2.75, 3.05) is 0 Å². The first-order chi connectivity index (χ1) is 6.25. The van der Waals surface area contributed by atoms with Crippen LogP contribution in [0.3, 0.4) is 0 Å². The summed E-state index contributed by atoms with van der Waals surface area (Å²) in [5.74, 6) is 1.71. The fourth-order valence-corrected chi connectivity index (χ4v) is 1.49. The molecule has 0 saturated carbocycles. The van der Waals surface area contributed by atoms with Crippen molar-refractivity contribution in [3.05, 3.63) is 52.8 Å². The van der Waals surface area contributed by atoms with E-state index in [0.717, 1.165) is 0 Å². The van der Waals surface area contributed by atoms with Crippen LogP contribution in [0.2, 0.25) is 0 Å². The molecule has 67 valence electrons. The summed E-state index contributed by atoms with van der Waals surface area (Å²) in [7, 11) is 0. The summed E-state index contributed by atoms with van der Waals surface area (Å²) in [6, 6.07) is 6.62. The van der Waals surface area contributed by atoms with Gasteiger partial charge in [-0.2, -0.15) is 0 Å². The number of nitro groups is 1. The standard InChI is InChI=1S/C9H8NO2S/c1-2-7-13-9-6-4-3-5-8(9)10(11)12/h2-7H,1H2. The van der Waals surface area contributed by atoms with E-state index in [-0.39, 0.29) is 10.6 Å². The van der Waals surface area contributed by atoms with Crippen molar-refractivity contribution in [2.24, 2.45) is 0 Å². The van der Waals surface area contributed by atoms with Crippen LogP contribution in [-0.2, 0) is 0 Å². The minimum absolute atomic E-state index is 0.130. The molecule has 3 nitrogen and oxygen atoms in total. The van der Waals surface area contributed by atoms with Crippen LogP contribution in [0.5, 0.6) is 0 Å². The van der Waals surface area contributed by atoms with Crippen molar-refractivity contribution in [1.82, 2.24) is 0 Å². The van der Waals surface area contributed by atoms with E-state index >= 15 is 0 Å². The second-order valence-corrected chi connectivity index (χ2v) is 3.16. The highest BCUT2D eigenvalue weighted by molar-refractivity contribution is 8.01. The van der Waals surface area contributed by atoms with Gasteiger partial charge in [-0.15, -0.1) is 18.3 Å². The molecule has 1 rings (SSSR count). The monoisotopic (exact) mass is 194 g/mol. The Balaban J connectivity index is 2.90. The zero-order valence-corrected chi connectivity index (χ0v) is 7.66. The van der Waals surface area contributed by atoms with E-state index in [2.05, 4.69) is 6.58 Å². The van der Waals surface area contributed by atoms with E-state index in [1.54, 1.807) is 30.0 Å². The molecule has 0 unspecified atom stereocenters. The predicted octanol–water partition coefficient (Wildman–Crippen LogP) is 3.03. The highest BCUT2D eigenvalue weighted by atomic mass is 32.2. The Kier molecular flexibility index (Phi) is 3.52. The maximum absolute atomic E-state index is 10.5. The molecule has 1 radical (unpaired) electrons. The van der Waals surface area contributed by atoms with Crippen molar-refractivity contribution in [1.29, 1.82) is 0 Å². The maximum atomic E-state index is 10.5. The van der Waals surface area contributed by atoms with Gasteiger partial charge in [-0.1, -0.05) is 18.2 Å². The normalized spacial score (nSPS) is 9.54. The van der Waals surface area contributed by atoms with E-state index < -0.39 is 0 Å². The molecular weight excluding hydrogens is 186 g/mol. The van der Waals surface area contributed by atoms with Crippen LogP contribution >= 0.6 is 11.8 Å². The smallest absolute Gasteiger partial charge is 0.258 e. The number of hydrogen-bond acceptors (Lipinski definition) is 3. The summed E-state index contributed by atoms with van der Waals surface area (Å²) in [6.07, 6.45) is 1.60. The van der Waals surface area contributed by atoms with Gasteiger partial charge in [0, 0.05) is 11.8 Å². The minimum Gasteiger partial charge on any atom is -0.258 e. The molecule has 0 atom stereocenters. The third-order valence-corrected chi connectivity index (χ3v) is 2.28. The molecule has 0 amide bonds. The number of thioether (sulfide) groups is 1. The van der Waals surface area contributed by atoms with Crippen LogP contribution in [0.4, 0.5) is 5.69 Å². The number of hydrogen-bond donors (Lipinski definition) is 0. The van der Waals surface area contributed by atoms with Crippen molar-refractivity contribution in [3.8, 4) is 0 Å². The molecule has 0 spiro atoms. The molecule has 0 N–H and O–H groups in total. The van der Waals surface area contributed by atoms with Gasteiger partial charge in [-0.25, -0.2) is 0 Å². The fraction of sp³-hybridized carbons (Fsp3) is 0. The van der Waals surface area contributed by atoms with Gasteiger partial charge in [0.05, 0.1) is 9.82 Å². The van der Waals surface area contributed by atoms with E-state index in [0.29, 0.717) is 4.90 Å². The van der Waals surface area contributed by atoms with Gasteiger partial charge in [0.2, 0.25) is 0 Å². The van der Waals surface area contributed by atoms with Gasteiger partial charge < -0.3 is 0 Å². The summed E-state index contributed by atoms with van der Waals surface area (Å²) in [4.78, 5) is 10.8. The van der Waals surface area contributed by atoms with E-state index in [4.69, 9.17) is 0 Å². The Labute approximate surface area is 80.6 Å². The largest absolute Gasteiger partial charge is 0.282 e. The zero-order valence-electron chi connectivity index (χ0n) is 6.84. The Morgan fingerprint density at radius 1 is 1.46 bits per heavy atom. The van der Waals surface area contributed by atoms with Crippen LogP contribution in [0, 0.1) is 15.9 Å². The summed E-state index contributed by atoms with van der Waals surface area (Å²) >= 11 is 1.29. The predicted molar refractivity (Wildman–Crippen MR) is 53.5 cm³/mol. The third kappa shape index (κ3) is 2.59. The zero-order chi connectivity index (χ0) is 9.68. The number of nitro benzene ring substituents is 1. The van der Waals surface area contributed by atoms with Crippen molar-refractivity contribution in [3.63, 3.8) is 0 Å². The molecule has 0 aliphatic carbocycles. The highest BCUT2D eigenvalue weighted by Gasteiger charge is 2.11. The SMILES string of the molecule is C=C[CH]Sc1ccccc1[N+](=O)[O-]. The van der Waals surface area contributed by atoms with Crippen LogP contribution in [-0.4, -0.2) is 4.92 Å². The van der Waals surface area contributed by atoms with Crippen LogP contribution < -0.4 is 0 Å². The first-order valence-corrected chi connectivity index (χ1v) is 4.48. The third-order valence-electron chi connectivity index (χ3n) is 1.35. The second kappa shape index (κ2) is 4.67. The Morgan fingerprint density at radius 2 is 2.15 bits per heavy atom. The average Bonchev–Trinajstić information content (AvgIpc) is 2.15. The lowest BCUT2D eigenvalue weighted by atomic mass is 10.3. The lowest BCUT2D eigenvalue weighted by Crippen LogP contribution is -1.89. The summed E-state index contributed by atoms with van der Waals surface area (Å²) in [6.45, 7) is 3.50. The van der Waals surface area contributed by atoms with Gasteiger partial charge in [0.25, 0.3) is 5.69 Å². The topological polar surface area (TPSA) is 43.1 Å². The molecule has 0 saturated heterocycles. The molecule has 0 aliphatic rings. The fourth-order valence-electron chi connectivity index (χ4n) is 0.829. The van der Waals surface area contributed by atoms with Crippen LogP contribution in [0.25, 0.3) is 0 Å². The first kappa shape index (κ1) is 9.80. The Morgan fingerprint density at radius 3 is 2.77 bits per heavy atom. The molecule has 13 heavy (non-hydrogen) atoms. The number of rotatable bonds is 4. The van der Waals surface area contributed by atoms with Gasteiger partial charge in [-0.05, 0) is 6.07 Å². The summed E-state index contributed by atoms with van der Waals surface area (Å²) in [5.41, 5.74) is 0.130. The van der Waals surface area contributed by atoms with E-state index in [1.165, 1.54) is 17.8 Å². The number of para-hydroxylation sites is 1. The summed E-state index contributed by atoms with van der Waals surface area (Å²) < 4.78 is 0. The van der Waals surface area contributed by atoms with Gasteiger partial charge in [0.15, 0.2) is 0 Å². The first-order valence-electron chi connectivity index (χ1n) is 3.60. The molecule has 4 heteroatoms. The van der Waals surface area contributed by atoms with E-state index in [9.17, 15) is 10.1 Å². The van der Waals surface area contributed by atoms with Gasteiger partial charge >= 0.3 is 0 Å². The molecule has 0 aliphatic heterocycles. The lowest BCUT2D eigenvalue weighted by molar-refractivity contribution is -0.387. The van der Waals surface area contributed by atoms with Crippen molar-refractivity contribution < 1.29 is 4.92 Å². The van der Waals surface area contributed by atoms with Gasteiger partial charge in [-0.3, -0.25) is 10.1 Å². The Hall–Kier alpha value is -1.29. The molecule has 1 aromatic rings. The Bertz CT molecular complexity index is 325. The molecular formula is C9H8NO2S. The highest BCUT2D eigenvalue weighted by Crippen LogP contribution is 2.30. The van der Waals surface area contributed by atoms with Crippen LogP contribution in [0.15, 0.2) is 41.8 Å². The quantitative estimate of drug-likeness (QED) is 0.420. The molecule has 1 aromatic carbocycles. The molecule has 0 aromatic heterocycles. The minimum atomic E-state index is -0.390. The van der Waals surface area contributed by atoms with Crippen LogP contribution in [0.1, 0.15) is 0 Å².